The second-order valence-electron chi connectivity index (χ2n) is 6.30. The Bertz CT molecular complexity index is 486. The van der Waals surface area contributed by atoms with E-state index >= 15 is 0 Å². The van der Waals surface area contributed by atoms with Gasteiger partial charge < -0.3 is 5.32 Å². The molecule has 4 rings (SSSR count). The van der Waals surface area contributed by atoms with Crippen molar-refractivity contribution in [3.8, 4) is 0 Å². The van der Waals surface area contributed by atoms with Crippen molar-refractivity contribution in [1.29, 1.82) is 0 Å². The van der Waals surface area contributed by atoms with Gasteiger partial charge in [-0.05, 0) is 56.8 Å². The fourth-order valence-electron chi connectivity index (χ4n) is 4.63. The predicted octanol–water partition coefficient (Wildman–Crippen LogP) is 1.80. The summed E-state index contributed by atoms with van der Waals surface area (Å²) in [6.07, 6.45) is 4.20. The molecular formula is C14H19N3O. The Morgan fingerprint density at radius 2 is 1.94 bits per heavy atom. The molecule has 0 spiro atoms. The van der Waals surface area contributed by atoms with E-state index in [1.54, 1.807) is 0 Å². The van der Waals surface area contributed by atoms with Gasteiger partial charge in [0.2, 0.25) is 0 Å². The number of nitrogens with zero attached hydrogens (tertiary/aromatic N) is 1. The van der Waals surface area contributed by atoms with Crippen LogP contribution in [0.15, 0.2) is 0 Å². The van der Waals surface area contributed by atoms with E-state index in [0.29, 0.717) is 6.04 Å². The molecule has 1 aromatic rings. The molecule has 18 heavy (non-hydrogen) atoms. The van der Waals surface area contributed by atoms with Crippen molar-refractivity contribution in [2.45, 2.75) is 39.2 Å². The number of aromatic nitrogens is 2. The molecule has 3 aliphatic rings. The lowest BCUT2D eigenvalue weighted by molar-refractivity contribution is 0.0943. The molecular weight excluding hydrogens is 226 g/mol. The third-order valence-electron chi connectivity index (χ3n) is 5.39. The van der Waals surface area contributed by atoms with Gasteiger partial charge in [0.1, 0.15) is 0 Å². The average Bonchev–Trinajstić information content (AvgIpc) is 2.70. The number of aryl methyl sites for hydroxylation is 2. The zero-order valence-corrected chi connectivity index (χ0v) is 10.9. The number of H-pyrrole nitrogens is 1. The second-order valence-corrected chi connectivity index (χ2v) is 6.30. The van der Waals surface area contributed by atoms with Gasteiger partial charge in [0.15, 0.2) is 0 Å². The van der Waals surface area contributed by atoms with Gasteiger partial charge in [-0.1, -0.05) is 0 Å². The Labute approximate surface area is 107 Å². The predicted molar refractivity (Wildman–Crippen MR) is 67.1 cm³/mol. The van der Waals surface area contributed by atoms with E-state index in [4.69, 9.17) is 0 Å². The van der Waals surface area contributed by atoms with Crippen LogP contribution >= 0.6 is 0 Å². The summed E-state index contributed by atoms with van der Waals surface area (Å²) in [5.74, 6) is 3.45. The molecule has 0 saturated heterocycles. The van der Waals surface area contributed by atoms with Crippen LogP contribution in [0.2, 0.25) is 0 Å². The van der Waals surface area contributed by atoms with Crippen molar-refractivity contribution in [3.05, 3.63) is 17.0 Å². The van der Waals surface area contributed by atoms with Gasteiger partial charge in [0.05, 0.1) is 11.3 Å². The normalized spacial score (nSPS) is 39.8. The standard InChI is InChI=1S/C14H19N3O/c1-6-10(7(2)17-16-6)14(18)15-13-11-8-3-4-9(5-8)12(11)13/h8-9,11-13H,3-5H2,1-2H3,(H,15,18)(H,16,17). The van der Waals surface area contributed by atoms with E-state index in [-0.39, 0.29) is 5.91 Å². The Balaban J connectivity index is 1.49. The second kappa shape index (κ2) is 3.37. The van der Waals surface area contributed by atoms with Crippen LogP contribution in [0.3, 0.4) is 0 Å². The first-order valence-electron chi connectivity index (χ1n) is 6.99. The Hall–Kier alpha value is -1.32. The molecule has 4 unspecified atom stereocenters. The summed E-state index contributed by atoms with van der Waals surface area (Å²) in [7, 11) is 0. The first-order chi connectivity index (χ1) is 8.66. The van der Waals surface area contributed by atoms with Crippen LogP contribution in [0.4, 0.5) is 0 Å². The molecule has 1 heterocycles. The first-order valence-corrected chi connectivity index (χ1v) is 6.99. The van der Waals surface area contributed by atoms with E-state index in [9.17, 15) is 4.79 Å². The number of hydrogen-bond acceptors (Lipinski definition) is 2. The number of hydrogen-bond donors (Lipinski definition) is 2. The molecule has 3 aliphatic carbocycles. The molecule has 1 aromatic heterocycles. The van der Waals surface area contributed by atoms with Crippen LogP contribution in [0.1, 0.15) is 41.0 Å². The maximum Gasteiger partial charge on any atom is 0.255 e. The number of rotatable bonds is 2. The van der Waals surface area contributed by atoms with Crippen LogP contribution in [0.25, 0.3) is 0 Å². The molecule has 2 N–H and O–H groups in total. The molecule has 4 heteroatoms. The molecule has 1 amide bonds. The van der Waals surface area contributed by atoms with Gasteiger partial charge in [-0.25, -0.2) is 0 Å². The molecule has 4 nitrogen and oxygen atoms in total. The summed E-state index contributed by atoms with van der Waals surface area (Å²) in [4.78, 5) is 12.3. The number of amides is 1. The van der Waals surface area contributed by atoms with Crippen LogP contribution in [0, 0.1) is 37.5 Å². The number of carbonyl (C=O) groups excluding carboxylic acids is 1. The minimum absolute atomic E-state index is 0.0672. The van der Waals surface area contributed by atoms with Crippen LogP contribution in [-0.2, 0) is 0 Å². The summed E-state index contributed by atoms with van der Waals surface area (Å²) in [6.45, 7) is 3.79. The van der Waals surface area contributed by atoms with E-state index < -0.39 is 0 Å². The summed E-state index contributed by atoms with van der Waals surface area (Å²) in [6, 6.07) is 0.456. The van der Waals surface area contributed by atoms with Crippen LogP contribution in [-0.4, -0.2) is 22.1 Å². The van der Waals surface area contributed by atoms with Gasteiger partial charge in [-0.2, -0.15) is 5.10 Å². The van der Waals surface area contributed by atoms with Gasteiger partial charge in [-0.15, -0.1) is 0 Å². The highest BCUT2D eigenvalue weighted by atomic mass is 16.1. The highest BCUT2D eigenvalue weighted by Crippen LogP contribution is 2.65. The Kier molecular flexibility index (Phi) is 1.98. The summed E-state index contributed by atoms with van der Waals surface area (Å²) in [5, 5.41) is 10.2. The molecule has 4 atom stereocenters. The van der Waals surface area contributed by atoms with Crippen LogP contribution < -0.4 is 5.32 Å². The first kappa shape index (κ1) is 10.6. The summed E-state index contributed by atoms with van der Waals surface area (Å²) in [5.41, 5.74) is 2.42. The number of fused-ring (bicyclic) bond motifs is 5. The maximum absolute atomic E-state index is 12.3. The van der Waals surface area contributed by atoms with Crippen LogP contribution in [0.5, 0.6) is 0 Å². The lowest BCUT2D eigenvalue weighted by Crippen LogP contribution is -2.30. The van der Waals surface area contributed by atoms with E-state index in [1.807, 2.05) is 13.8 Å². The van der Waals surface area contributed by atoms with E-state index in [0.717, 1.165) is 40.6 Å². The Morgan fingerprint density at radius 1 is 1.28 bits per heavy atom. The van der Waals surface area contributed by atoms with Crippen molar-refractivity contribution in [1.82, 2.24) is 15.5 Å². The van der Waals surface area contributed by atoms with Gasteiger partial charge in [0, 0.05) is 11.7 Å². The van der Waals surface area contributed by atoms with Crippen molar-refractivity contribution in [2.24, 2.45) is 23.7 Å². The topological polar surface area (TPSA) is 57.8 Å². The van der Waals surface area contributed by atoms with Gasteiger partial charge in [0.25, 0.3) is 5.91 Å². The fourth-order valence-corrected chi connectivity index (χ4v) is 4.63. The Morgan fingerprint density at radius 3 is 2.50 bits per heavy atom. The van der Waals surface area contributed by atoms with Crippen molar-refractivity contribution < 1.29 is 4.79 Å². The smallest absolute Gasteiger partial charge is 0.255 e. The zero-order chi connectivity index (χ0) is 12.4. The molecule has 2 bridgehead atoms. The number of nitrogens with one attached hydrogen (secondary N) is 2. The lowest BCUT2D eigenvalue weighted by atomic mass is 10.0. The minimum Gasteiger partial charge on any atom is -0.349 e. The molecule has 0 radical (unpaired) electrons. The highest BCUT2D eigenvalue weighted by Gasteiger charge is 2.65. The fraction of sp³-hybridized carbons (Fsp3) is 0.714. The van der Waals surface area contributed by atoms with Gasteiger partial charge >= 0.3 is 0 Å². The van der Waals surface area contributed by atoms with E-state index in [2.05, 4.69) is 15.5 Å². The largest absolute Gasteiger partial charge is 0.349 e. The third-order valence-corrected chi connectivity index (χ3v) is 5.39. The molecule has 3 fully saturated rings. The highest BCUT2D eigenvalue weighted by molar-refractivity contribution is 5.96. The third kappa shape index (κ3) is 1.26. The molecule has 96 valence electrons. The number of aromatic amines is 1. The van der Waals surface area contributed by atoms with Crippen molar-refractivity contribution >= 4 is 5.91 Å². The monoisotopic (exact) mass is 245 g/mol. The van der Waals surface area contributed by atoms with Crippen molar-refractivity contribution in [3.63, 3.8) is 0 Å². The minimum atomic E-state index is 0.0672. The summed E-state index contributed by atoms with van der Waals surface area (Å²) >= 11 is 0. The SMILES string of the molecule is Cc1n[nH]c(C)c1C(=O)NC1C2C3CCC(C3)C12. The molecule has 0 aliphatic heterocycles. The molecule has 3 saturated carbocycles. The molecule has 0 aromatic carbocycles. The quantitative estimate of drug-likeness (QED) is 0.834. The van der Waals surface area contributed by atoms with Gasteiger partial charge in [-0.3, -0.25) is 9.89 Å². The average molecular weight is 245 g/mol. The number of carbonyl (C=O) groups is 1. The maximum atomic E-state index is 12.3. The van der Waals surface area contributed by atoms with Crippen molar-refractivity contribution in [2.75, 3.05) is 0 Å². The van der Waals surface area contributed by atoms with E-state index in [1.165, 1.54) is 19.3 Å². The zero-order valence-electron chi connectivity index (χ0n) is 10.9. The lowest BCUT2D eigenvalue weighted by Gasteiger charge is -2.10. The summed E-state index contributed by atoms with van der Waals surface area (Å²) < 4.78 is 0.